The van der Waals surface area contributed by atoms with Gasteiger partial charge in [0.2, 0.25) is 0 Å². The highest BCUT2D eigenvalue weighted by Crippen LogP contribution is 2.10. The maximum atomic E-state index is 4.65. The van der Waals surface area contributed by atoms with Crippen LogP contribution in [0.1, 0.15) is 23.9 Å². The van der Waals surface area contributed by atoms with Crippen molar-refractivity contribution in [3.63, 3.8) is 0 Å². The number of rotatable bonds is 9. The Hall–Kier alpha value is -3.43. The Bertz CT molecular complexity index is 944. The molecule has 30 heavy (non-hydrogen) atoms. The van der Waals surface area contributed by atoms with Gasteiger partial charge in [-0.2, -0.15) is 5.10 Å². The molecule has 2 heterocycles. The summed E-state index contributed by atoms with van der Waals surface area (Å²) in [6.45, 7) is 4.64. The van der Waals surface area contributed by atoms with Gasteiger partial charge in [-0.25, -0.2) is 9.98 Å². The molecule has 10 nitrogen and oxygen atoms in total. The Balaban J connectivity index is 1.54. The van der Waals surface area contributed by atoms with Crippen molar-refractivity contribution < 1.29 is 0 Å². The average Bonchev–Trinajstić information content (AvgIpc) is 3.32. The first kappa shape index (κ1) is 21.3. The highest BCUT2D eigenvalue weighted by atomic mass is 15.3. The maximum Gasteiger partial charge on any atom is 0.192 e. The lowest BCUT2D eigenvalue weighted by atomic mass is 10.3. The van der Waals surface area contributed by atoms with E-state index in [4.69, 9.17) is 0 Å². The van der Waals surface area contributed by atoms with Crippen molar-refractivity contribution in [2.24, 2.45) is 19.1 Å². The van der Waals surface area contributed by atoms with Crippen molar-refractivity contribution in [1.29, 1.82) is 0 Å². The monoisotopic (exact) mass is 410 g/mol. The van der Waals surface area contributed by atoms with E-state index in [2.05, 4.69) is 72.1 Å². The first-order valence-corrected chi connectivity index (χ1v) is 10.0. The number of aliphatic imine (C=N–C) groups is 1. The van der Waals surface area contributed by atoms with Crippen molar-refractivity contribution in [1.82, 2.24) is 40.2 Å². The quantitative estimate of drug-likeness (QED) is 0.308. The lowest BCUT2D eigenvalue weighted by Crippen LogP contribution is -2.39. The van der Waals surface area contributed by atoms with E-state index in [-0.39, 0.29) is 0 Å². The normalized spacial score (nSPS) is 11.5. The van der Waals surface area contributed by atoms with Gasteiger partial charge in [0.1, 0.15) is 24.5 Å². The van der Waals surface area contributed by atoms with E-state index in [9.17, 15) is 0 Å². The predicted molar refractivity (Wildman–Crippen MR) is 117 cm³/mol. The summed E-state index contributed by atoms with van der Waals surface area (Å²) in [6.07, 6.45) is 2.51. The van der Waals surface area contributed by atoms with Gasteiger partial charge in [-0.05, 0) is 25.5 Å². The van der Waals surface area contributed by atoms with Crippen LogP contribution in [0, 0.1) is 6.92 Å². The summed E-state index contributed by atoms with van der Waals surface area (Å²) in [5.74, 6) is 3.24. The molecule has 0 bridgehead atoms. The Morgan fingerprint density at radius 2 is 1.90 bits per heavy atom. The fourth-order valence-corrected chi connectivity index (χ4v) is 2.89. The van der Waals surface area contributed by atoms with Crippen molar-refractivity contribution in [2.45, 2.75) is 26.4 Å². The lowest BCUT2D eigenvalue weighted by Gasteiger charge is -2.19. The standard InChI is InChI=1S/C20H30N10/c1-16-26-27-19(29(16)3)14-23-20(22-13-18-24-15-25-30(18)4)21-11-8-12-28(2)17-9-6-5-7-10-17/h5-7,9-10,15H,8,11-14H2,1-4H3,(H2,21,22,23). The van der Waals surface area contributed by atoms with Crippen molar-refractivity contribution >= 4 is 11.6 Å². The summed E-state index contributed by atoms with van der Waals surface area (Å²) in [5.41, 5.74) is 1.21. The van der Waals surface area contributed by atoms with Gasteiger partial charge in [0, 0.05) is 39.9 Å². The molecule has 10 heteroatoms. The number of nitrogens with zero attached hydrogens (tertiary/aromatic N) is 8. The van der Waals surface area contributed by atoms with Crippen LogP contribution in [-0.4, -0.2) is 55.6 Å². The van der Waals surface area contributed by atoms with Gasteiger partial charge in [-0.15, -0.1) is 10.2 Å². The molecule has 0 saturated heterocycles. The number of nitrogens with one attached hydrogen (secondary N) is 2. The van der Waals surface area contributed by atoms with Crippen LogP contribution in [0.15, 0.2) is 41.7 Å². The van der Waals surface area contributed by atoms with E-state index in [1.807, 2.05) is 31.7 Å². The third-order valence-electron chi connectivity index (χ3n) is 4.94. The zero-order chi connectivity index (χ0) is 21.3. The zero-order valence-corrected chi connectivity index (χ0v) is 18.1. The summed E-state index contributed by atoms with van der Waals surface area (Å²) < 4.78 is 3.68. The van der Waals surface area contributed by atoms with Crippen molar-refractivity contribution in [2.75, 3.05) is 25.0 Å². The van der Waals surface area contributed by atoms with Crippen LogP contribution in [0.3, 0.4) is 0 Å². The summed E-state index contributed by atoms with van der Waals surface area (Å²) in [6, 6.07) is 10.4. The molecule has 0 amide bonds. The molecule has 2 aromatic heterocycles. The highest BCUT2D eigenvalue weighted by Gasteiger charge is 2.07. The van der Waals surface area contributed by atoms with Gasteiger partial charge < -0.3 is 20.1 Å². The number of hydrogen-bond acceptors (Lipinski definition) is 6. The summed E-state index contributed by atoms with van der Waals surface area (Å²) >= 11 is 0. The molecule has 3 rings (SSSR count). The van der Waals surface area contributed by atoms with Crippen LogP contribution in [0.2, 0.25) is 0 Å². The zero-order valence-electron chi connectivity index (χ0n) is 18.1. The second-order valence-electron chi connectivity index (χ2n) is 7.08. The second kappa shape index (κ2) is 10.4. The molecule has 0 atom stereocenters. The van der Waals surface area contributed by atoms with Crippen LogP contribution in [0.4, 0.5) is 5.69 Å². The largest absolute Gasteiger partial charge is 0.375 e. The molecule has 1 aromatic carbocycles. The van der Waals surface area contributed by atoms with E-state index < -0.39 is 0 Å². The number of hydrogen-bond donors (Lipinski definition) is 2. The number of anilines is 1. The van der Waals surface area contributed by atoms with Crippen LogP contribution in [0.5, 0.6) is 0 Å². The molecule has 2 N–H and O–H groups in total. The maximum absolute atomic E-state index is 4.65. The molecular formula is C20H30N10. The van der Waals surface area contributed by atoms with Crippen molar-refractivity contribution in [3.05, 3.63) is 54.1 Å². The van der Waals surface area contributed by atoms with Crippen LogP contribution >= 0.6 is 0 Å². The fraction of sp³-hybridized carbons (Fsp3) is 0.450. The van der Waals surface area contributed by atoms with Gasteiger partial charge in [-0.3, -0.25) is 4.68 Å². The Kier molecular flexibility index (Phi) is 7.36. The Morgan fingerprint density at radius 1 is 1.10 bits per heavy atom. The number of aryl methyl sites for hydroxylation is 2. The molecule has 0 fully saturated rings. The summed E-state index contributed by atoms with van der Waals surface area (Å²) in [7, 11) is 5.92. The molecule has 160 valence electrons. The lowest BCUT2D eigenvalue weighted by molar-refractivity contribution is 0.680. The molecule has 3 aromatic rings. The second-order valence-corrected chi connectivity index (χ2v) is 7.08. The van der Waals surface area contributed by atoms with E-state index >= 15 is 0 Å². The highest BCUT2D eigenvalue weighted by molar-refractivity contribution is 5.79. The van der Waals surface area contributed by atoms with Gasteiger partial charge in [0.05, 0.1) is 6.54 Å². The molecule has 0 aliphatic carbocycles. The van der Waals surface area contributed by atoms with E-state index in [1.54, 1.807) is 4.68 Å². The first-order chi connectivity index (χ1) is 14.5. The molecule has 0 aliphatic heterocycles. The molecule has 0 saturated carbocycles. The Morgan fingerprint density at radius 3 is 2.57 bits per heavy atom. The molecule has 0 unspecified atom stereocenters. The molecule has 0 spiro atoms. The van der Waals surface area contributed by atoms with Gasteiger partial charge in [0.25, 0.3) is 0 Å². The molecule has 0 aliphatic rings. The van der Waals surface area contributed by atoms with Crippen LogP contribution in [-0.2, 0) is 27.2 Å². The van der Waals surface area contributed by atoms with Gasteiger partial charge in [-0.1, -0.05) is 18.2 Å². The first-order valence-electron chi connectivity index (χ1n) is 10.0. The average molecular weight is 411 g/mol. The number of aromatic nitrogens is 6. The predicted octanol–water partition coefficient (Wildman–Crippen LogP) is 1.01. The molecule has 0 radical (unpaired) electrons. The Labute approximate surface area is 177 Å². The topological polar surface area (TPSA) is 101 Å². The summed E-state index contributed by atoms with van der Waals surface area (Å²) in [4.78, 5) is 11.1. The van der Waals surface area contributed by atoms with Crippen molar-refractivity contribution in [3.8, 4) is 0 Å². The third kappa shape index (κ3) is 5.79. The van der Waals surface area contributed by atoms with Crippen LogP contribution in [0.25, 0.3) is 0 Å². The van der Waals surface area contributed by atoms with Crippen LogP contribution < -0.4 is 15.5 Å². The number of guanidine groups is 1. The minimum Gasteiger partial charge on any atom is -0.375 e. The van der Waals surface area contributed by atoms with Gasteiger partial charge >= 0.3 is 0 Å². The van der Waals surface area contributed by atoms with E-state index in [0.717, 1.165) is 37.0 Å². The molecular weight excluding hydrogens is 380 g/mol. The minimum atomic E-state index is 0.438. The smallest absolute Gasteiger partial charge is 0.192 e. The fourth-order valence-electron chi connectivity index (χ4n) is 2.89. The van der Waals surface area contributed by atoms with E-state index in [0.29, 0.717) is 19.0 Å². The SMILES string of the molecule is Cc1nnc(CNC(=NCc2ncnn2C)NCCCN(C)c2ccccc2)n1C. The minimum absolute atomic E-state index is 0.438. The van der Waals surface area contributed by atoms with E-state index in [1.165, 1.54) is 12.0 Å². The number of benzene rings is 1. The summed E-state index contributed by atoms with van der Waals surface area (Å²) in [5, 5.41) is 19.1. The van der Waals surface area contributed by atoms with Gasteiger partial charge in [0.15, 0.2) is 11.8 Å². The third-order valence-corrected chi connectivity index (χ3v) is 4.94. The number of para-hydroxylation sites is 1.